The number of imidazole rings is 1. The molecule has 1 aromatic heterocycles. The molecule has 24 heavy (non-hydrogen) atoms. The normalized spacial score (nSPS) is 36.9. The van der Waals surface area contributed by atoms with Crippen LogP contribution in [0.4, 0.5) is 0 Å². The second kappa shape index (κ2) is 5.60. The number of hydrogen-bond donors (Lipinski definition) is 1. The Bertz CT molecular complexity index is 595. The van der Waals surface area contributed by atoms with Crippen LogP contribution >= 0.6 is 0 Å². The van der Waals surface area contributed by atoms with Gasteiger partial charge in [0.2, 0.25) is 5.91 Å². The third-order valence-electron chi connectivity index (χ3n) is 7.07. The minimum atomic E-state index is 0.282. The van der Waals surface area contributed by atoms with Crippen LogP contribution in [-0.2, 0) is 11.3 Å². The van der Waals surface area contributed by atoms with Crippen molar-refractivity contribution in [3.8, 4) is 0 Å². The van der Waals surface area contributed by atoms with Gasteiger partial charge >= 0.3 is 0 Å². The van der Waals surface area contributed by atoms with Crippen LogP contribution in [0.15, 0.2) is 12.4 Å². The van der Waals surface area contributed by atoms with Crippen LogP contribution in [0.1, 0.15) is 69.5 Å². The maximum absolute atomic E-state index is 12.6. The molecule has 4 heteroatoms. The number of amides is 1. The minimum absolute atomic E-state index is 0.282. The van der Waals surface area contributed by atoms with Crippen molar-refractivity contribution in [1.82, 2.24) is 14.9 Å². The summed E-state index contributed by atoms with van der Waals surface area (Å²) in [6.45, 7) is 1.60. The fourth-order valence-electron chi connectivity index (χ4n) is 6.44. The summed E-state index contributed by atoms with van der Waals surface area (Å²) in [7, 11) is 0. The zero-order valence-corrected chi connectivity index (χ0v) is 14.5. The van der Waals surface area contributed by atoms with Gasteiger partial charge in [-0.25, -0.2) is 4.98 Å². The van der Waals surface area contributed by atoms with Gasteiger partial charge in [0.15, 0.2) is 0 Å². The van der Waals surface area contributed by atoms with Crippen molar-refractivity contribution in [3.05, 3.63) is 18.2 Å². The number of carbonyl (C=O) groups is 1. The lowest BCUT2D eigenvalue weighted by Gasteiger charge is -2.56. The summed E-state index contributed by atoms with van der Waals surface area (Å²) in [6.07, 6.45) is 15.6. The summed E-state index contributed by atoms with van der Waals surface area (Å²) in [5, 5.41) is 3.19. The van der Waals surface area contributed by atoms with Crippen LogP contribution in [0.25, 0.3) is 0 Å². The molecule has 5 aliphatic rings. The van der Waals surface area contributed by atoms with Crippen molar-refractivity contribution in [2.75, 3.05) is 6.54 Å². The molecule has 0 atom stereocenters. The number of nitrogens with zero attached hydrogens (tertiary/aromatic N) is 2. The maximum Gasteiger partial charge on any atom is 0.220 e. The highest BCUT2D eigenvalue weighted by Crippen LogP contribution is 2.61. The van der Waals surface area contributed by atoms with Gasteiger partial charge in [-0.15, -0.1) is 0 Å². The van der Waals surface area contributed by atoms with Crippen molar-refractivity contribution in [2.24, 2.45) is 23.2 Å². The van der Waals surface area contributed by atoms with E-state index < -0.39 is 0 Å². The van der Waals surface area contributed by atoms with Gasteiger partial charge in [-0.2, -0.15) is 0 Å². The van der Waals surface area contributed by atoms with Gasteiger partial charge in [0.1, 0.15) is 5.82 Å². The lowest BCUT2D eigenvalue weighted by atomic mass is 9.49. The molecule has 4 nitrogen and oxygen atoms in total. The quantitative estimate of drug-likeness (QED) is 0.869. The average molecular weight is 327 g/mol. The van der Waals surface area contributed by atoms with Crippen LogP contribution in [0.3, 0.4) is 0 Å². The number of carbonyl (C=O) groups excluding carboxylic acids is 1. The first-order chi connectivity index (χ1) is 11.7. The lowest BCUT2D eigenvalue weighted by Crippen LogP contribution is -2.48. The number of aromatic nitrogens is 2. The summed E-state index contributed by atoms with van der Waals surface area (Å²) in [5.41, 5.74) is 0.354. The molecule has 1 N–H and O–H groups in total. The Labute approximate surface area is 144 Å². The van der Waals surface area contributed by atoms with Gasteiger partial charge < -0.3 is 9.88 Å². The number of nitrogens with one attached hydrogen (secondary N) is 1. The standard InChI is InChI=1S/C20H29N3O/c24-18(21-3-5-23-6-4-22-19(23)17-1-2-17)13-20-10-14-7-15(11-20)9-16(8-14)12-20/h4,6,14-17H,1-3,5,7-13H2,(H,21,24). The molecule has 6 rings (SSSR count). The van der Waals surface area contributed by atoms with Crippen molar-refractivity contribution < 1.29 is 4.79 Å². The topological polar surface area (TPSA) is 46.9 Å². The SMILES string of the molecule is O=C(CC12CC3CC(CC(C3)C1)C2)NCCn1ccnc1C1CC1. The third kappa shape index (κ3) is 2.78. The van der Waals surface area contributed by atoms with E-state index in [1.807, 2.05) is 6.20 Å². The second-order valence-electron chi connectivity index (χ2n) is 9.20. The molecule has 5 saturated carbocycles. The van der Waals surface area contributed by atoms with E-state index in [1.54, 1.807) is 0 Å². The van der Waals surface area contributed by atoms with Gasteiger partial charge in [0.05, 0.1) is 0 Å². The van der Waals surface area contributed by atoms with E-state index in [1.165, 1.54) is 57.2 Å². The van der Waals surface area contributed by atoms with Gasteiger partial charge in [0.25, 0.3) is 0 Å². The van der Waals surface area contributed by atoms with Crippen molar-refractivity contribution >= 4 is 5.91 Å². The van der Waals surface area contributed by atoms with E-state index in [2.05, 4.69) is 21.1 Å². The van der Waals surface area contributed by atoms with Gasteiger partial charge in [-0.1, -0.05) is 0 Å². The Morgan fingerprint density at radius 2 is 1.83 bits per heavy atom. The smallest absolute Gasteiger partial charge is 0.220 e. The van der Waals surface area contributed by atoms with Crippen LogP contribution in [-0.4, -0.2) is 22.0 Å². The predicted octanol–water partition coefficient (Wildman–Crippen LogP) is 3.48. The molecule has 0 radical (unpaired) electrons. The zero-order valence-electron chi connectivity index (χ0n) is 14.5. The summed E-state index contributed by atoms with van der Waals surface area (Å²) in [5.74, 6) is 4.95. The second-order valence-corrected chi connectivity index (χ2v) is 9.20. The number of hydrogen-bond acceptors (Lipinski definition) is 2. The van der Waals surface area contributed by atoms with Gasteiger partial charge in [0, 0.05) is 37.8 Å². The van der Waals surface area contributed by atoms with E-state index in [-0.39, 0.29) is 5.91 Å². The van der Waals surface area contributed by atoms with Crippen LogP contribution < -0.4 is 5.32 Å². The average Bonchev–Trinajstić information content (AvgIpc) is 3.25. The molecular weight excluding hydrogens is 298 g/mol. The van der Waals surface area contributed by atoms with Gasteiger partial charge in [-0.05, 0) is 74.5 Å². The molecule has 0 aliphatic heterocycles. The van der Waals surface area contributed by atoms with E-state index in [0.29, 0.717) is 11.3 Å². The van der Waals surface area contributed by atoms with E-state index in [4.69, 9.17) is 0 Å². The molecule has 5 aliphatic carbocycles. The number of rotatable bonds is 6. The van der Waals surface area contributed by atoms with Crippen molar-refractivity contribution in [3.63, 3.8) is 0 Å². The summed E-state index contributed by atoms with van der Waals surface area (Å²) in [4.78, 5) is 17.0. The van der Waals surface area contributed by atoms with Gasteiger partial charge in [-0.3, -0.25) is 4.79 Å². The first-order valence-corrected chi connectivity index (χ1v) is 9.97. The highest BCUT2D eigenvalue weighted by atomic mass is 16.1. The fourth-order valence-corrected chi connectivity index (χ4v) is 6.44. The highest BCUT2D eigenvalue weighted by Gasteiger charge is 2.51. The molecule has 5 fully saturated rings. The Balaban J connectivity index is 1.14. The Morgan fingerprint density at radius 1 is 1.17 bits per heavy atom. The van der Waals surface area contributed by atoms with E-state index in [0.717, 1.165) is 37.3 Å². The Hall–Kier alpha value is -1.32. The fraction of sp³-hybridized carbons (Fsp3) is 0.800. The molecule has 0 spiro atoms. The molecule has 1 aromatic rings. The first kappa shape index (κ1) is 15.0. The first-order valence-electron chi connectivity index (χ1n) is 9.97. The summed E-state index contributed by atoms with van der Waals surface area (Å²) in [6, 6.07) is 0. The summed E-state index contributed by atoms with van der Waals surface area (Å²) >= 11 is 0. The van der Waals surface area contributed by atoms with Crippen molar-refractivity contribution in [2.45, 2.75) is 70.3 Å². The molecule has 0 saturated heterocycles. The minimum Gasteiger partial charge on any atom is -0.354 e. The van der Waals surface area contributed by atoms with Crippen molar-refractivity contribution in [1.29, 1.82) is 0 Å². The van der Waals surface area contributed by atoms with E-state index >= 15 is 0 Å². The zero-order chi connectivity index (χ0) is 16.1. The van der Waals surface area contributed by atoms with E-state index in [9.17, 15) is 4.79 Å². The molecule has 130 valence electrons. The largest absolute Gasteiger partial charge is 0.354 e. The predicted molar refractivity (Wildman–Crippen MR) is 92.4 cm³/mol. The van der Waals surface area contributed by atoms with Crippen LogP contribution in [0.5, 0.6) is 0 Å². The highest BCUT2D eigenvalue weighted by molar-refractivity contribution is 5.76. The lowest BCUT2D eigenvalue weighted by molar-refractivity contribution is -0.129. The molecular formula is C20H29N3O. The molecule has 1 amide bonds. The molecule has 0 aromatic carbocycles. The van der Waals surface area contributed by atoms with Crippen LogP contribution in [0.2, 0.25) is 0 Å². The maximum atomic E-state index is 12.6. The Morgan fingerprint density at radius 3 is 2.46 bits per heavy atom. The summed E-state index contributed by atoms with van der Waals surface area (Å²) < 4.78 is 2.22. The molecule has 4 bridgehead atoms. The monoisotopic (exact) mass is 327 g/mol. The van der Waals surface area contributed by atoms with Crippen LogP contribution in [0, 0.1) is 23.2 Å². The third-order valence-corrected chi connectivity index (χ3v) is 7.07. The Kier molecular flexibility index (Phi) is 3.50. The molecule has 1 heterocycles. The molecule has 0 unspecified atom stereocenters.